The van der Waals surface area contributed by atoms with Gasteiger partial charge in [0.2, 0.25) is 0 Å². The van der Waals surface area contributed by atoms with Crippen molar-refractivity contribution in [3.63, 3.8) is 0 Å². The topological polar surface area (TPSA) is 118 Å². The van der Waals surface area contributed by atoms with Crippen molar-refractivity contribution in [3.8, 4) is 16.9 Å². The molecule has 1 amide bonds. The number of ketones is 1. The van der Waals surface area contributed by atoms with Crippen molar-refractivity contribution in [1.29, 1.82) is 0 Å². The van der Waals surface area contributed by atoms with Crippen LogP contribution in [0.1, 0.15) is 45.2 Å². The lowest BCUT2D eigenvalue weighted by atomic mass is 10.0. The molecule has 0 aliphatic heterocycles. The van der Waals surface area contributed by atoms with Gasteiger partial charge >= 0.3 is 0 Å². The predicted octanol–water partition coefficient (Wildman–Crippen LogP) is 5.75. The molecule has 1 aromatic heterocycles. The lowest BCUT2D eigenvalue weighted by Gasteiger charge is -2.21. The number of rotatable bonds is 9. The molecule has 0 spiro atoms. The molecule has 3 aromatic carbocycles. The van der Waals surface area contributed by atoms with Crippen LogP contribution in [-0.2, 0) is 0 Å². The molecule has 0 radical (unpaired) electrons. The van der Waals surface area contributed by atoms with Gasteiger partial charge in [-0.25, -0.2) is 4.68 Å². The summed E-state index contributed by atoms with van der Waals surface area (Å²) >= 11 is 5.91. The molecular weight excluding hydrogens is 520 g/mol. The first-order chi connectivity index (χ1) is 18.6. The monoisotopic (exact) mass is 546 g/mol. The van der Waals surface area contributed by atoms with Gasteiger partial charge in [0.15, 0.2) is 5.78 Å². The van der Waals surface area contributed by atoms with Crippen molar-refractivity contribution in [2.45, 2.75) is 27.2 Å². The quantitative estimate of drug-likeness (QED) is 0.163. The van der Waals surface area contributed by atoms with E-state index < -0.39 is 27.9 Å². The highest BCUT2D eigenvalue weighted by atomic mass is 35.5. The Morgan fingerprint density at radius 1 is 1.05 bits per heavy atom. The van der Waals surface area contributed by atoms with E-state index in [2.05, 4.69) is 5.10 Å². The van der Waals surface area contributed by atoms with Crippen LogP contribution in [0.25, 0.3) is 16.9 Å². The summed E-state index contributed by atoms with van der Waals surface area (Å²) in [5.74, 6) is -1.12. The SMILES string of the molecule is CCCN(CC(=O)c1c(-c2ccccc2)[nH]n(-c2cccc(C)c2C)c1=O)C(=O)c1ccc(Cl)c([N+](=O)[O-])c1. The Hall–Kier alpha value is -4.50. The Morgan fingerprint density at radius 2 is 1.77 bits per heavy atom. The van der Waals surface area contributed by atoms with Gasteiger partial charge in [-0.2, -0.15) is 0 Å². The van der Waals surface area contributed by atoms with Gasteiger partial charge in [-0.3, -0.25) is 29.6 Å². The molecule has 1 heterocycles. The van der Waals surface area contributed by atoms with Crippen LogP contribution in [0.15, 0.2) is 71.5 Å². The Bertz CT molecular complexity index is 1620. The fourth-order valence-electron chi connectivity index (χ4n) is 4.40. The minimum Gasteiger partial charge on any atom is -0.331 e. The first-order valence-corrected chi connectivity index (χ1v) is 12.7. The van der Waals surface area contributed by atoms with E-state index in [1.54, 1.807) is 30.3 Å². The number of Topliss-reactive ketones (excluding diaryl/α,β-unsaturated/α-hetero) is 1. The lowest BCUT2D eigenvalue weighted by molar-refractivity contribution is -0.384. The summed E-state index contributed by atoms with van der Waals surface area (Å²) in [7, 11) is 0. The second kappa shape index (κ2) is 11.5. The van der Waals surface area contributed by atoms with Crippen LogP contribution in [0.4, 0.5) is 5.69 Å². The number of halogens is 1. The molecule has 4 aromatic rings. The maximum Gasteiger partial charge on any atom is 0.288 e. The first-order valence-electron chi connectivity index (χ1n) is 12.4. The number of aromatic nitrogens is 2. The average Bonchev–Trinajstić information content (AvgIpc) is 3.27. The molecule has 200 valence electrons. The van der Waals surface area contributed by atoms with Gasteiger partial charge in [0.1, 0.15) is 10.6 Å². The Labute approximate surface area is 229 Å². The van der Waals surface area contributed by atoms with Gasteiger partial charge in [-0.05, 0) is 49.6 Å². The highest BCUT2D eigenvalue weighted by molar-refractivity contribution is 6.32. The van der Waals surface area contributed by atoms with Crippen molar-refractivity contribution in [2.24, 2.45) is 0 Å². The fourth-order valence-corrected chi connectivity index (χ4v) is 4.59. The lowest BCUT2D eigenvalue weighted by Crippen LogP contribution is -2.37. The Balaban J connectivity index is 1.78. The number of hydrogen-bond acceptors (Lipinski definition) is 5. The average molecular weight is 547 g/mol. The van der Waals surface area contributed by atoms with Gasteiger partial charge in [0, 0.05) is 23.7 Å². The number of H-pyrrole nitrogens is 1. The van der Waals surface area contributed by atoms with Crippen LogP contribution >= 0.6 is 11.6 Å². The van der Waals surface area contributed by atoms with Crippen molar-refractivity contribution in [3.05, 3.63) is 114 Å². The van der Waals surface area contributed by atoms with Gasteiger partial charge in [-0.1, -0.05) is 61.0 Å². The molecule has 10 heteroatoms. The van der Waals surface area contributed by atoms with E-state index in [1.165, 1.54) is 21.7 Å². The van der Waals surface area contributed by atoms with Gasteiger partial charge in [-0.15, -0.1) is 0 Å². The molecule has 0 bridgehead atoms. The summed E-state index contributed by atoms with van der Waals surface area (Å²) in [6.45, 7) is 5.50. The number of aryl methyl sites for hydroxylation is 1. The van der Waals surface area contributed by atoms with Crippen molar-refractivity contribution in [1.82, 2.24) is 14.7 Å². The Kier molecular flexibility index (Phi) is 8.11. The van der Waals surface area contributed by atoms with Crippen LogP contribution in [0, 0.1) is 24.0 Å². The van der Waals surface area contributed by atoms with Crippen LogP contribution in [-0.4, -0.2) is 44.4 Å². The maximum absolute atomic E-state index is 13.7. The highest BCUT2D eigenvalue weighted by Crippen LogP contribution is 2.27. The molecule has 39 heavy (non-hydrogen) atoms. The zero-order valence-electron chi connectivity index (χ0n) is 21.7. The Morgan fingerprint density at radius 3 is 2.44 bits per heavy atom. The van der Waals surface area contributed by atoms with Crippen LogP contribution in [0.5, 0.6) is 0 Å². The zero-order valence-corrected chi connectivity index (χ0v) is 22.5. The third-order valence-corrected chi connectivity index (χ3v) is 6.87. The molecule has 0 fully saturated rings. The second-order valence-corrected chi connectivity index (χ2v) is 9.57. The van der Waals surface area contributed by atoms with E-state index >= 15 is 0 Å². The molecule has 0 unspecified atom stereocenters. The maximum atomic E-state index is 13.7. The van der Waals surface area contributed by atoms with Gasteiger partial charge in [0.25, 0.3) is 17.2 Å². The summed E-state index contributed by atoms with van der Waals surface area (Å²) in [6.07, 6.45) is 0.528. The first kappa shape index (κ1) is 27.5. The number of carbonyl (C=O) groups excluding carboxylic acids is 2. The van der Waals surface area contributed by atoms with E-state index in [-0.39, 0.29) is 29.2 Å². The molecule has 0 aliphatic rings. The largest absolute Gasteiger partial charge is 0.331 e. The predicted molar refractivity (Wildman–Crippen MR) is 150 cm³/mol. The van der Waals surface area contributed by atoms with Crippen LogP contribution in [0.2, 0.25) is 5.02 Å². The van der Waals surface area contributed by atoms with Crippen molar-refractivity contribution >= 4 is 29.0 Å². The standard InChI is InChI=1S/C29H27ClN4O5/c1-4-15-32(28(36)21-13-14-22(30)24(16-21)34(38)39)17-25(35)26-27(20-10-6-5-7-11-20)31-33(29(26)37)23-12-8-9-18(2)19(23)3/h5-14,16,31H,4,15,17H2,1-3H3. The number of hydrogen-bond donors (Lipinski definition) is 1. The summed E-state index contributed by atoms with van der Waals surface area (Å²) in [6, 6.07) is 18.3. The van der Waals surface area contributed by atoms with E-state index in [9.17, 15) is 24.5 Å². The number of nitrogens with zero attached hydrogens (tertiary/aromatic N) is 3. The summed E-state index contributed by atoms with van der Waals surface area (Å²) in [4.78, 5) is 52.8. The molecule has 0 atom stereocenters. The molecule has 9 nitrogen and oxygen atoms in total. The summed E-state index contributed by atoms with van der Waals surface area (Å²) < 4.78 is 1.35. The number of amides is 1. The van der Waals surface area contributed by atoms with E-state index in [1.807, 2.05) is 39.0 Å². The van der Waals surface area contributed by atoms with E-state index in [0.29, 0.717) is 23.4 Å². The number of benzene rings is 3. The van der Waals surface area contributed by atoms with Gasteiger partial charge in [0.05, 0.1) is 22.8 Å². The molecule has 0 saturated carbocycles. The minimum atomic E-state index is -0.671. The number of carbonyl (C=O) groups is 2. The number of nitro groups is 1. The molecule has 0 aliphatic carbocycles. The minimum absolute atomic E-state index is 0.0255. The van der Waals surface area contributed by atoms with Crippen molar-refractivity contribution < 1.29 is 14.5 Å². The number of nitrogens with one attached hydrogen (secondary N) is 1. The molecule has 0 saturated heterocycles. The highest BCUT2D eigenvalue weighted by Gasteiger charge is 2.28. The van der Waals surface area contributed by atoms with Gasteiger partial charge < -0.3 is 4.90 Å². The van der Waals surface area contributed by atoms with E-state index in [4.69, 9.17) is 11.6 Å². The third-order valence-electron chi connectivity index (χ3n) is 6.55. The third kappa shape index (κ3) is 5.53. The smallest absolute Gasteiger partial charge is 0.288 e. The molecule has 4 rings (SSSR count). The fraction of sp³-hybridized carbons (Fsp3) is 0.207. The summed E-state index contributed by atoms with van der Waals surface area (Å²) in [5.41, 5.74) is 2.49. The summed E-state index contributed by atoms with van der Waals surface area (Å²) in [5, 5.41) is 14.3. The number of nitro benzene ring substituents is 1. The number of aromatic amines is 1. The van der Waals surface area contributed by atoms with Crippen LogP contribution in [0.3, 0.4) is 0 Å². The van der Waals surface area contributed by atoms with E-state index in [0.717, 1.165) is 17.2 Å². The molecular formula is C29H27ClN4O5. The van der Waals surface area contributed by atoms with Crippen LogP contribution < -0.4 is 5.56 Å². The molecule has 1 N–H and O–H groups in total. The second-order valence-electron chi connectivity index (χ2n) is 9.16. The zero-order chi connectivity index (χ0) is 28.3. The van der Waals surface area contributed by atoms with Crippen molar-refractivity contribution in [2.75, 3.05) is 13.1 Å². The normalized spacial score (nSPS) is 10.9.